The minimum atomic E-state index is -5.66. The molecular formula is C14H14Ca3O14P4. The molecule has 0 radical (unpaired) electrons. The second-order valence-electron chi connectivity index (χ2n) is 5.66. The molecule has 0 aliphatic rings. The van der Waals surface area contributed by atoms with Crippen LogP contribution < -0.4 is 38.4 Å². The molecule has 2 aromatic carbocycles. The molecule has 180 valence electrons. The maximum absolute atomic E-state index is 11.1. The van der Waals surface area contributed by atoms with E-state index in [2.05, 4.69) is 9.05 Å². The fourth-order valence-corrected chi connectivity index (χ4v) is 5.77. The van der Waals surface area contributed by atoms with Gasteiger partial charge in [-0.25, -0.2) is 0 Å². The van der Waals surface area contributed by atoms with Gasteiger partial charge in [-0.2, -0.15) is 0 Å². The Balaban J connectivity index is -0.000000539. The summed E-state index contributed by atoms with van der Waals surface area (Å²) in [6.07, 6.45) is 0. The first kappa shape index (κ1) is 41.9. The Bertz CT molecular complexity index is 979. The molecule has 21 heteroatoms. The summed E-state index contributed by atoms with van der Waals surface area (Å²) in [7, 11) is -21.7. The van der Waals surface area contributed by atoms with Gasteiger partial charge in [-0.15, -0.1) is 0 Å². The molecule has 0 saturated carbocycles. The number of para-hydroxylation sites is 2. The summed E-state index contributed by atoms with van der Waals surface area (Å²) < 4.78 is 51.5. The Labute approximate surface area is 289 Å². The molecule has 0 fully saturated rings. The van der Waals surface area contributed by atoms with Gasteiger partial charge in [-0.1, -0.05) is 36.4 Å². The molecule has 0 amide bonds. The Hall–Kier alpha value is 2.42. The maximum atomic E-state index is 11.1. The van der Waals surface area contributed by atoms with Crippen molar-refractivity contribution in [3.8, 4) is 11.5 Å². The zero-order valence-electron chi connectivity index (χ0n) is 17.6. The minimum absolute atomic E-state index is 0. The molecule has 2 aromatic rings. The third-order valence-corrected chi connectivity index (χ3v) is 9.67. The first-order valence-electron chi connectivity index (χ1n) is 7.97. The van der Waals surface area contributed by atoms with Crippen LogP contribution >= 0.6 is 30.4 Å². The van der Waals surface area contributed by atoms with Gasteiger partial charge in [-0.3, -0.25) is 9.13 Å². The molecule has 0 heterocycles. The Morgan fingerprint density at radius 2 is 0.771 bits per heavy atom. The molecular weight excluding hydrogens is 636 g/mol. The number of hydrogen-bond acceptors (Lipinski definition) is 14. The summed E-state index contributed by atoms with van der Waals surface area (Å²) in [6.45, 7) is 0. The summed E-state index contributed by atoms with van der Waals surface area (Å²) in [5.74, 6) is -0.373. The summed E-state index contributed by atoms with van der Waals surface area (Å²) in [5.41, 5.74) is -6.17. The number of benzene rings is 2. The van der Waals surface area contributed by atoms with Crippen LogP contribution in [0.25, 0.3) is 0 Å². The summed E-state index contributed by atoms with van der Waals surface area (Å²) in [6, 6.07) is 13.8. The van der Waals surface area contributed by atoms with Gasteiger partial charge in [-0.05, 0) is 39.5 Å². The van der Waals surface area contributed by atoms with Crippen molar-refractivity contribution >= 4 is 144 Å². The molecule has 0 aliphatic carbocycles. The van der Waals surface area contributed by atoms with E-state index in [9.17, 15) is 47.6 Å². The Kier molecular flexibility index (Phi) is 21.5. The van der Waals surface area contributed by atoms with Crippen LogP contribution in [0.5, 0.6) is 11.5 Å². The largest absolute Gasteiger partial charge is 2.00 e. The zero-order chi connectivity index (χ0) is 24.8. The quantitative estimate of drug-likeness (QED) is 0.207. The third-order valence-electron chi connectivity index (χ3n) is 3.08. The number of aliphatic hydroxyl groups excluding tert-OH is 2. The van der Waals surface area contributed by atoms with Crippen molar-refractivity contribution in [3.63, 3.8) is 0 Å². The van der Waals surface area contributed by atoms with Gasteiger partial charge in [0.25, 0.3) is 0 Å². The van der Waals surface area contributed by atoms with E-state index in [1.165, 1.54) is 48.5 Å². The predicted molar refractivity (Wildman–Crippen MR) is 114 cm³/mol. The van der Waals surface area contributed by atoms with Crippen molar-refractivity contribution in [3.05, 3.63) is 60.7 Å². The van der Waals surface area contributed by atoms with E-state index >= 15 is 0 Å². The van der Waals surface area contributed by atoms with E-state index in [-0.39, 0.29) is 125 Å². The fourth-order valence-electron chi connectivity index (χ4n) is 1.70. The number of hydrogen-bond donors (Lipinski definition) is 2. The Morgan fingerprint density at radius 3 is 0.971 bits per heavy atom. The van der Waals surface area contributed by atoms with Gasteiger partial charge >= 0.3 is 113 Å². The van der Waals surface area contributed by atoms with Crippen LogP contribution in [0.1, 0.15) is 0 Å². The van der Waals surface area contributed by atoms with Crippen LogP contribution in [-0.4, -0.2) is 135 Å². The molecule has 0 saturated heterocycles. The average Bonchev–Trinajstić information content (AvgIpc) is 2.67. The topological polar surface area (TPSA) is 266 Å². The number of rotatable bonds is 8. The second kappa shape index (κ2) is 18.0. The van der Waals surface area contributed by atoms with Crippen LogP contribution in [0.4, 0.5) is 0 Å². The molecule has 0 spiro atoms. The predicted octanol–water partition coefficient (Wildman–Crippen LogP) is -3.53. The Morgan fingerprint density at radius 1 is 0.543 bits per heavy atom. The normalized spacial score (nSPS) is 16.0. The van der Waals surface area contributed by atoms with E-state index in [1.807, 2.05) is 0 Å². The zero-order valence-corrected chi connectivity index (χ0v) is 27.8. The summed E-state index contributed by atoms with van der Waals surface area (Å²) >= 11 is 0. The average molecular weight is 650 g/mol. The smallest absolute Gasteiger partial charge is 0.809 e. The van der Waals surface area contributed by atoms with Crippen LogP contribution in [-0.2, 0) is 18.3 Å². The van der Waals surface area contributed by atoms with E-state index in [1.54, 1.807) is 12.1 Å². The number of aliphatic hydroxyl groups is 2. The molecule has 2 N–H and O–H groups in total. The minimum Gasteiger partial charge on any atom is -0.809 e. The van der Waals surface area contributed by atoms with E-state index in [0.29, 0.717) is 0 Å². The van der Waals surface area contributed by atoms with Crippen molar-refractivity contribution in [2.75, 3.05) is 0 Å². The van der Waals surface area contributed by atoms with Crippen LogP contribution in [0, 0.1) is 0 Å². The van der Waals surface area contributed by atoms with Gasteiger partial charge in [0.15, 0.2) is 11.2 Å². The van der Waals surface area contributed by atoms with Crippen molar-refractivity contribution < 1.29 is 66.9 Å². The van der Waals surface area contributed by atoms with Gasteiger partial charge in [0.2, 0.25) is 15.2 Å². The first-order valence-corrected chi connectivity index (χ1v) is 14.4. The van der Waals surface area contributed by atoms with Crippen LogP contribution in [0.3, 0.4) is 0 Å². The van der Waals surface area contributed by atoms with E-state index in [0.717, 1.165) is 0 Å². The molecule has 35 heavy (non-hydrogen) atoms. The SMILES string of the molecule is O=P([O-])([O-])C(O)P(=O)([O-])Oc1ccccc1.O=P([O-])([O-])C(O)P(=O)([O-])Oc1ccccc1.[Ca+2].[Ca+2].[Ca+2]. The van der Waals surface area contributed by atoms with Gasteiger partial charge in [0, 0.05) is 0 Å². The monoisotopic (exact) mass is 650 g/mol. The molecule has 0 aliphatic heterocycles. The van der Waals surface area contributed by atoms with Gasteiger partial charge < -0.3 is 57.8 Å². The molecule has 14 nitrogen and oxygen atoms in total. The second-order valence-corrected chi connectivity index (χ2v) is 13.1. The first-order chi connectivity index (χ1) is 14.5. The van der Waals surface area contributed by atoms with Crippen LogP contribution in [0.15, 0.2) is 60.7 Å². The van der Waals surface area contributed by atoms with Crippen molar-refractivity contribution in [2.45, 2.75) is 11.2 Å². The van der Waals surface area contributed by atoms with E-state index < -0.39 is 41.6 Å². The standard InChI is InChI=1S/2C7H10O7P2.3Ca/c2*8-7(15(9,10)11)16(12,13)14-6-4-2-1-3-5-6;;;/h2*1-5,7-8H,(H,12,13)(H2,9,10,11);;;/q;;3*+2/p-6. The van der Waals surface area contributed by atoms with Crippen molar-refractivity contribution in [1.29, 1.82) is 0 Å². The molecule has 2 rings (SSSR count). The van der Waals surface area contributed by atoms with E-state index in [4.69, 9.17) is 10.2 Å². The summed E-state index contributed by atoms with van der Waals surface area (Å²) in [4.78, 5) is 63.6. The molecule has 0 aromatic heterocycles. The van der Waals surface area contributed by atoms with Crippen molar-refractivity contribution in [1.82, 2.24) is 0 Å². The molecule has 4 atom stereocenters. The summed E-state index contributed by atoms with van der Waals surface area (Å²) in [5, 5.41) is 17.6. The van der Waals surface area contributed by atoms with Gasteiger partial charge in [0.05, 0.1) is 0 Å². The maximum Gasteiger partial charge on any atom is 2.00 e. The molecule has 4 unspecified atom stereocenters. The van der Waals surface area contributed by atoms with Crippen molar-refractivity contribution in [2.24, 2.45) is 0 Å². The van der Waals surface area contributed by atoms with Gasteiger partial charge in [0.1, 0.15) is 11.5 Å². The van der Waals surface area contributed by atoms with Crippen LogP contribution in [0.2, 0.25) is 0 Å². The third kappa shape index (κ3) is 15.7. The fraction of sp³-hybridized carbons (Fsp3) is 0.143. The molecule has 0 bridgehead atoms.